The molecule has 2 heterocycles. The second-order valence-electron chi connectivity index (χ2n) is 4.59. The monoisotopic (exact) mass is 326 g/mol. The lowest BCUT2D eigenvalue weighted by Crippen LogP contribution is -2.01. The Hall–Kier alpha value is -0.940. The minimum Gasteiger partial charge on any atom is -0.298 e. The van der Waals surface area contributed by atoms with E-state index in [0.29, 0.717) is 11.5 Å². The second kappa shape index (κ2) is 5.80. The fraction of sp³-hybridized carbons (Fsp3) is 0.385. The maximum Gasteiger partial charge on any atom is 0.153 e. The van der Waals surface area contributed by atoms with Crippen molar-refractivity contribution in [3.8, 4) is 10.6 Å². The fourth-order valence-corrected chi connectivity index (χ4v) is 3.23. The SMILES string of the molecule is CC(C)CCn1cc(C=O)c(-c2sccc2Br)n1. The second-order valence-corrected chi connectivity index (χ2v) is 6.36. The highest BCUT2D eigenvalue weighted by atomic mass is 79.9. The number of rotatable bonds is 5. The number of halogens is 1. The van der Waals surface area contributed by atoms with Gasteiger partial charge in [-0.3, -0.25) is 9.48 Å². The van der Waals surface area contributed by atoms with Gasteiger partial charge in [0.15, 0.2) is 6.29 Å². The number of hydrogen-bond donors (Lipinski definition) is 0. The van der Waals surface area contributed by atoms with Crippen molar-refractivity contribution in [1.29, 1.82) is 0 Å². The van der Waals surface area contributed by atoms with Crippen LogP contribution in [0.1, 0.15) is 30.6 Å². The molecule has 0 aliphatic carbocycles. The van der Waals surface area contributed by atoms with Crippen LogP contribution in [0, 0.1) is 5.92 Å². The van der Waals surface area contributed by atoms with Gasteiger partial charge in [0.05, 0.1) is 10.4 Å². The molecule has 0 amide bonds. The molecule has 0 radical (unpaired) electrons. The standard InChI is InChI=1S/C13H15BrN2OS/c1-9(2)3-5-16-7-10(8-17)12(15-16)13-11(14)4-6-18-13/h4,6-9H,3,5H2,1-2H3. The smallest absolute Gasteiger partial charge is 0.153 e. The molecule has 5 heteroatoms. The van der Waals surface area contributed by atoms with Crippen LogP contribution in [0.3, 0.4) is 0 Å². The van der Waals surface area contributed by atoms with Crippen molar-refractivity contribution in [2.45, 2.75) is 26.8 Å². The molecule has 0 saturated heterocycles. The Morgan fingerprint density at radius 3 is 2.89 bits per heavy atom. The van der Waals surface area contributed by atoms with E-state index in [0.717, 1.165) is 34.3 Å². The van der Waals surface area contributed by atoms with Crippen molar-refractivity contribution < 1.29 is 4.79 Å². The number of nitrogens with zero attached hydrogens (tertiary/aromatic N) is 2. The molecule has 2 rings (SSSR count). The molecule has 0 unspecified atom stereocenters. The summed E-state index contributed by atoms with van der Waals surface area (Å²) in [6.07, 6.45) is 3.77. The lowest BCUT2D eigenvalue weighted by atomic mass is 10.1. The normalized spacial score (nSPS) is 11.1. The molecule has 96 valence electrons. The molecule has 0 aromatic carbocycles. The Morgan fingerprint density at radius 2 is 2.33 bits per heavy atom. The zero-order valence-corrected chi connectivity index (χ0v) is 12.8. The van der Waals surface area contributed by atoms with E-state index in [9.17, 15) is 4.79 Å². The van der Waals surface area contributed by atoms with Crippen molar-refractivity contribution in [3.63, 3.8) is 0 Å². The van der Waals surface area contributed by atoms with Gasteiger partial charge in [0.1, 0.15) is 5.69 Å². The lowest BCUT2D eigenvalue weighted by molar-refractivity contribution is 0.112. The average Bonchev–Trinajstić information content (AvgIpc) is 2.91. The Morgan fingerprint density at radius 1 is 1.56 bits per heavy atom. The largest absolute Gasteiger partial charge is 0.298 e. The molecule has 18 heavy (non-hydrogen) atoms. The maximum atomic E-state index is 11.1. The van der Waals surface area contributed by atoms with Crippen molar-refractivity contribution in [2.24, 2.45) is 5.92 Å². The third-order valence-corrected chi connectivity index (χ3v) is 4.53. The van der Waals surface area contributed by atoms with Crippen LogP contribution in [0.15, 0.2) is 22.1 Å². The molecule has 0 saturated carbocycles. The first-order valence-corrected chi connectivity index (χ1v) is 7.55. The van der Waals surface area contributed by atoms with E-state index < -0.39 is 0 Å². The van der Waals surface area contributed by atoms with E-state index in [1.165, 1.54) is 0 Å². The lowest BCUT2D eigenvalue weighted by Gasteiger charge is -2.03. The van der Waals surface area contributed by atoms with Gasteiger partial charge in [0, 0.05) is 17.2 Å². The van der Waals surface area contributed by atoms with E-state index in [-0.39, 0.29) is 0 Å². The third-order valence-electron chi connectivity index (χ3n) is 2.68. The van der Waals surface area contributed by atoms with Gasteiger partial charge in [-0.15, -0.1) is 11.3 Å². The molecule has 0 bridgehead atoms. The molecular weight excluding hydrogens is 312 g/mol. The van der Waals surface area contributed by atoms with Crippen LogP contribution in [-0.4, -0.2) is 16.1 Å². The zero-order chi connectivity index (χ0) is 13.1. The van der Waals surface area contributed by atoms with Crippen LogP contribution in [0.25, 0.3) is 10.6 Å². The van der Waals surface area contributed by atoms with Crippen LogP contribution in [0.4, 0.5) is 0 Å². The van der Waals surface area contributed by atoms with E-state index in [2.05, 4.69) is 34.9 Å². The number of carbonyl (C=O) groups excluding carboxylic acids is 1. The van der Waals surface area contributed by atoms with Crippen LogP contribution in [-0.2, 0) is 6.54 Å². The first kappa shape index (κ1) is 13.5. The van der Waals surface area contributed by atoms with Gasteiger partial charge in [-0.05, 0) is 39.7 Å². The van der Waals surface area contributed by atoms with Crippen LogP contribution >= 0.6 is 27.3 Å². The molecule has 0 fully saturated rings. The molecule has 0 aliphatic rings. The molecule has 0 spiro atoms. The highest BCUT2D eigenvalue weighted by Gasteiger charge is 2.14. The van der Waals surface area contributed by atoms with Gasteiger partial charge in [-0.1, -0.05) is 13.8 Å². The van der Waals surface area contributed by atoms with E-state index in [1.807, 2.05) is 22.3 Å². The number of hydrogen-bond acceptors (Lipinski definition) is 3. The van der Waals surface area contributed by atoms with Gasteiger partial charge in [0.25, 0.3) is 0 Å². The van der Waals surface area contributed by atoms with E-state index >= 15 is 0 Å². The molecule has 0 aliphatic heterocycles. The predicted molar refractivity (Wildman–Crippen MR) is 78.1 cm³/mol. The molecule has 2 aromatic rings. The summed E-state index contributed by atoms with van der Waals surface area (Å²) in [5.41, 5.74) is 1.43. The Balaban J connectivity index is 2.30. The van der Waals surface area contributed by atoms with E-state index in [1.54, 1.807) is 11.3 Å². The van der Waals surface area contributed by atoms with Crippen molar-refractivity contribution in [2.75, 3.05) is 0 Å². The topological polar surface area (TPSA) is 34.9 Å². The van der Waals surface area contributed by atoms with Crippen molar-refractivity contribution in [3.05, 3.63) is 27.7 Å². The molecule has 3 nitrogen and oxygen atoms in total. The van der Waals surface area contributed by atoms with Crippen molar-refractivity contribution in [1.82, 2.24) is 9.78 Å². The van der Waals surface area contributed by atoms with Gasteiger partial charge >= 0.3 is 0 Å². The van der Waals surface area contributed by atoms with Gasteiger partial charge < -0.3 is 0 Å². The first-order chi connectivity index (χ1) is 8.61. The minimum absolute atomic E-state index is 0.630. The van der Waals surface area contributed by atoms with E-state index in [4.69, 9.17) is 0 Å². The van der Waals surface area contributed by atoms with Gasteiger partial charge in [0.2, 0.25) is 0 Å². The number of aldehydes is 1. The maximum absolute atomic E-state index is 11.1. The van der Waals surface area contributed by atoms with Crippen LogP contribution in [0.2, 0.25) is 0 Å². The highest BCUT2D eigenvalue weighted by Crippen LogP contribution is 2.34. The summed E-state index contributed by atoms with van der Waals surface area (Å²) in [4.78, 5) is 12.1. The summed E-state index contributed by atoms with van der Waals surface area (Å²) in [5, 5.41) is 6.51. The first-order valence-electron chi connectivity index (χ1n) is 5.87. The van der Waals surface area contributed by atoms with Crippen LogP contribution < -0.4 is 0 Å². The summed E-state index contributed by atoms with van der Waals surface area (Å²) < 4.78 is 2.86. The molecule has 2 aromatic heterocycles. The summed E-state index contributed by atoms with van der Waals surface area (Å²) in [6, 6.07) is 1.97. The predicted octanol–water partition coefficient (Wildman–Crippen LogP) is 4.23. The number of aryl methyl sites for hydroxylation is 1. The van der Waals surface area contributed by atoms with Gasteiger partial charge in [-0.25, -0.2) is 0 Å². The third kappa shape index (κ3) is 2.90. The average molecular weight is 327 g/mol. The number of thiophene rings is 1. The summed E-state index contributed by atoms with van der Waals surface area (Å²) in [7, 11) is 0. The van der Waals surface area contributed by atoms with Crippen molar-refractivity contribution >= 4 is 33.6 Å². The Bertz CT molecular complexity index is 545. The summed E-state index contributed by atoms with van der Waals surface area (Å²) in [6.45, 7) is 5.21. The fourth-order valence-electron chi connectivity index (χ4n) is 1.67. The molecule has 0 atom stereocenters. The Kier molecular flexibility index (Phi) is 4.35. The van der Waals surface area contributed by atoms with Gasteiger partial charge in [-0.2, -0.15) is 5.10 Å². The number of carbonyl (C=O) groups is 1. The molecular formula is C13H15BrN2OS. The molecule has 0 N–H and O–H groups in total. The quantitative estimate of drug-likeness (QED) is 0.770. The Labute approximate surface area is 119 Å². The number of aromatic nitrogens is 2. The zero-order valence-electron chi connectivity index (χ0n) is 10.4. The summed E-state index contributed by atoms with van der Waals surface area (Å²) >= 11 is 5.07. The van der Waals surface area contributed by atoms with Crippen LogP contribution in [0.5, 0.6) is 0 Å². The highest BCUT2D eigenvalue weighted by molar-refractivity contribution is 9.10. The summed E-state index contributed by atoms with van der Waals surface area (Å²) in [5.74, 6) is 0.630. The minimum atomic E-state index is 0.630.